The van der Waals surface area contributed by atoms with Crippen LogP contribution in [0.2, 0.25) is 0 Å². The number of aliphatic imine (C=N–C) groups is 1. The molecule has 1 amide bonds. The summed E-state index contributed by atoms with van der Waals surface area (Å²) < 4.78 is 5.81. The van der Waals surface area contributed by atoms with Crippen molar-refractivity contribution in [3.05, 3.63) is 65.7 Å². The van der Waals surface area contributed by atoms with Crippen molar-refractivity contribution < 1.29 is 9.53 Å². The molecule has 0 fully saturated rings. The monoisotopic (exact) mass is 524 g/mol. The molecule has 2 rings (SSSR count). The van der Waals surface area contributed by atoms with Crippen molar-refractivity contribution in [3.8, 4) is 0 Å². The lowest BCUT2D eigenvalue weighted by Gasteiger charge is -2.16. The second-order valence-corrected chi connectivity index (χ2v) is 7.06. The van der Waals surface area contributed by atoms with Crippen molar-refractivity contribution >= 4 is 41.5 Å². The molecule has 0 aromatic heterocycles. The van der Waals surface area contributed by atoms with Crippen LogP contribution in [0.4, 0.5) is 5.69 Å². The molecule has 0 aliphatic rings. The minimum Gasteiger partial charge on any atom is -0.376 e. The molecule has 0 heterocycles. The molecule has 0 saturated carbocycles. The van der Waals surface area contributed by atoms with Crippen LogP contribution in [0, 0.1) is 5.92 Å². The summed E-state index contributed by atoms with van der Waals surface area (Å²) in [5.41, 5.74) is 3.00. The number of ether oxygens (including phenoxy) is 1. The average molecular weight is 524 g/mol. The minimum atomic E-state index is -0.0795. The van der Waals surface area contributed by atoms with Crippen LogP contribution in [-0.4, -0.2) is 31.6 Å². The van der Waals surface area contributed by atoms with E-state index in [2.05, 4.69) is 40.0 Å². The van der Waals surface area contributed by atoms with Gasteiger partial charge in [-0.3, -0.25) is 4.79 Å². The summed E-state index contributed by atoms with van der Waals surface area (Å²) in [7, 11) is 0. The molecule has 0 spiro atoms. The fourth-order valence-electron chi connectivity index (χ4n) is 2.74. The molecule has 0 bridgehead atoms. The highest BCUT2D eigenvalue weighted by Gasteiger charge is 2.05. The molecule has 0 saturated heterocycles. The first-order chi connectivity index (χ1) is 14.1. The second-order valence-electron chi connectivity index (χ2n) is 7.06. The van der Waals surface area contributed by atoms with Gasteiger partial charge < -0.3 is 20.7 Å². The van der Waals surface area contributed by atoms with E-state index >= 15 is 0 Å². The van der Waals surface area contributed by atoms with Crippen LogP contribution >= 0.6 is 24.0 Å². The van der Waals surface area contributed by atoms with Crippen molar-refractivity contribution in [2.24, 2.45) is 10.9 Å². The number of carbonyl (C=O) groups is 1. The Morgan fingerprint density at radius 3 is 2.50 bits per heavy atom. The van der Waals surface area contributed by atoms with E-state index in [4.69, 9.17) is 4.74 Å². The normalized spacial score (nSPS) is 11.9. The maximum Gasteiger partial charge on any atom is 0.221 e. The highest BCUT2D eigenvalue weighted by atomic mass is 127. The third kappa shape index (κ3) is 10.6. The Labute approximate surface area is 196 Å². The van der Waals surface area contributed by atoms with Crippen LogP contribution in [0.25, 0.3) is 0 Å². The van der Waals surface area contributed by atoms with Gasteiger partial charge in [0.05, 0.1) is 19.8 Å². The zero-order valence-corrected chi connectivity index (χ0v) is 20.3. The maximum absolute atomic E-state index is 11.2. The van der Waals surface area contributed by atoms with Gasteiger partial charge in [0.15, 0.2) is 5.96 Å². The van der Waals surface area contributed by atoms with E-state index in [1.807, 2.05) is 49.4 Å². The third-order valence-electron chi connectivity index (χ3n) is 4.14. The number of hydrogen-bond acceptors (Lipinski definition) is 3. The molecule has 1 unspecified atom stereocenters. The zero-order chi connectivity index (χ0) is 20.9. The molecular weight excluding hydrogens is 491 g/mol. The van der Waals surface area contributed by atoms with Crippen molar-refractivity contribution in [2.75, 3.05) is 25.0 Å². The number of benzene rings is 2. The van der Waals surface area contributed by atoms with Crippen LogP contribution in [0.5, 0.6) is 0 Å². The van der Waals surface area contributed by atoms with E-state index in [9.17, 15) is 4.79 Å². The largest absolute Gasteiger partial charge is 0.376 e. The number of nitrogens with zero attached hydrogens (tertiary/aromatic N) is 1. The number of carbonyl (C=O) groups excluding carboxylic acids is 1. The maximum atomic E-state index is 11.2. The van der Waals surface area contributed by atoms with E-state index in [0.717, 1.165) is 30.3 Å². The van der Waals surface area contributed by atoms with Crippen LogP contribution in [0.15, 0.2) is 59.6 Å². The van der Waals surface area contributed by atoms with E-state index < -0.39 is 0 Å². The predicted molar refractivity (Wildman–Crippen MR) is 134 cm³/mol. The molecule has 7 heteroatoms. The van der Waals surface area contributed by atoms with Gasteiger partial charge in [-0.1, -0.05) is 49.4 Å². The van der Waals surface area contributed by atoms with E-state index in [1.54, 1.807) is 0 Å². The van der Waals surface area contributed by atoms with Gasteiger partial charge in [0.1, 0.15) is 0 Å². The Morgan fingerprint density at radius 1 is 1.07 bits per heavy atom. The molecule has 0 aliphatic heterocycles. The molecule has 2 aromatic rings. The predicted octanol–water partition coefficient (Wildman–Crippen LogP) is 4.17. The van der Waals surface area contributed by atoms with Crippen molar-refractivity contribution in [1.29, 1.82) is 0 Å². The molecular formula is C23H33IN4O2. The fraction of sp³-hybridized carbons (Fsp3) is 0.391. The van der Waals surface area contributed by atoms with Crippen LogP contribution in [0.1, 0.15) is 31.9 Å². The summed E-state index contributed by atoms with van der Waals surface area (Å²) in [6.07, 6.45) is 0. The Morgan fingerprint density at radius 2 is 1.80 bits per heavy atom. The van der Waals surface area contributed by atoms with Gasteiger partial charge in [-0.2, -0.15) is 0 Å². The lowest BCUT2D eigenvalue weighted by Crippen LogP contribution is -2.40. The molecule has 2 aromatic carbocycles. The molecule has 1 atom stereocenters. The van der Waals surface area contributed by atoms with Crippen LogP contribution in [-0.2, 0) is 22.7 Å². The first-order valence-corrected chi connectivity index (χ1v) is 10.1. The lowest BCUT2D eigenvalue weighted by atomic mass is 10.2. The summed E-state index contributed by atoms with van der Waals surface area (Å²) in [5.74, 6) is 1.04. The SMILES string of the molecule is CCNC(=NCc1cccc(NC(C)=O)c1)NCC(C)COCc1ccccc1.I. The van der Waals surface area contributed by atoms with E-state index in [-0.39, 0.29) is 29.9 Å². The lowest BCUT2D eigenvalue weighted by molar-refractivity contribution is -0.114. The highest BCUT2D eigenvalue weighted by Crippen LogP contribution is 2.11. The molecule has 0 aliphatic carbocycles. The smallest absolute Gasteiger partial charge is 0.221 e. The average Bonchev–Trinajstić information content (AvgIpc) is 2.71. The highest BCUT2D eigenvalue weighted by molar-refractivity contribution is 14.0. The summed E-state index contributed by atoms with van der Waals surface area (Å²) in [5, 5.41) is 9.44. The Kier molecular flexibility index (Phi) is 12.8. The standard InChI is InChI=1S/C23H32N4O2.HI/c1-4-24-23(26-15-21-11-8-12-22(13-21)27-19(3)28)25-14-18(2)16-29-17-20-9-6-5-7-10-20;/h5-13,18H,4,14-17H2,1-3H3,(H,27,28)(H2,24,25,26);1H. The summed E-state index contributed by atoms with van der Waals surface area (Å²) in [6, 6.07) is 17.9. The van der Waals surface area contributed by atoms with Gasteiger partial charge in [-0.15, -0.1) is 24.0 Å². The van der Waals surface area contributed by atoms with E-state index in [1.165, 1.54) is 12.5 Å². The van der Waals surface area contributed by atoms with Crippen molar-refractivity contribution in [1.82, 2.24) is 10.6 Å². The van der Waals surface area contributed by atoms with Crippen LogP contribution < -0.4 is 16.0 Å². The quantitative estimate of drug-likeness (QED) is 0.248. The molecule has 164 valence electrons. The minimum absolute atomic E-state index is 0. The first-order valence-electron chi connectivity index (χ1n) is 10.1. The summed E-state index contributed by atoms with van der Waals surface area (Å²) in [6.45, 7) is 9.09. The fourth-order valence-corrected chi connectivity index (χ4v) is 2.74. The Hall–Kier alpha value is -2.13. The van der Waals surface area contributed by atoms with Gasteiger partial charge in [0, 0.05) is 25.7 Å². The first kappa shape index (κ1) is 25.9. The Balaban J connectivity index is 0.00000450. The van der Waals surface area contributed by atoms with Crippen molar-refractivity contribution in [2.45, 2.75) is 33.9 Å². The van der Waals surface area contributed by atoms with Crippen molar-refractivity contribution in [3.63, 3.8) is 0 Å². The number of amides is 1. The topological polar surface area (TPSA) is 74.8 Å². The summed E-state index contributed by atoms with van der Waals surface area (Å²) in [4.78, 5) is 15.9. The molecule has 0 radical (unpaired) electrons. The zero-order valence-electron chi connectivity index (χ0n) is 18.0. The molecule has 6 nitrogen and oxygen atoms in total. The van der Waals surface area contributed by atoms with Gasteiger partial charge in [0.2, 0.25) is 5.91 Å². The number of rotatable bonds is 10. The number of anilines is 1. The van der Waals surface area contributed by atoms with Gasteiger partial charge in [0.25, 0.3) is 0 Å². The van der Waals surface area contributed by atoms with Gasteiger partial charge in [-0.25, -0.2) is 4.99 Å². The molecule has 3 N–H and O–H groups in total. The van der Waals surface area contributed by atoms with E-state index in [0.29, 0.717) is 25.7 Å². The molecule has 30 heavy (non-hydrogen) atoms. The Bertz CT molecular complexity index is 784. The number of guanidine groups is 1. The van der Waals surface area contributed by atoms with Crippen LogP contribution in [0.3, 0.4) is 0 Å². The third-order valence-corrected chi connectivity index (χ3v) is 4.14. The number of nitrogens with one attached hydrogen (secondary N) is 3. The number of hydrogen-bond donors (Lipinski definition) is 3. The van der Waals surface area contributed by atoms with Gasteiger partial charge >= 0.3 is 0 Å². The second kappa shape index (κ2) is 14.8. The van der Waals surface area contributed by atoms with Gasteiger partial charge in [-0.05, 0) is 36.1 Å². The number of halogens is 1. The summed E-state index contributed by atoms with van der Waals surface area (Å²) >= 11 is 0.